The fourth-order valence-corrected chi connectivity index (χ4v) is 2.09. The van der Waals surface area contributed by atoms with Crippen LogP contribution in [0.25, 0.3) is 16.7 Å². The van der Waals surface area contributed by atoms with Crippen molar-refractivity contribution in [1.82, 2.24) is 15.0 Å². The number of fused-ring (bicyclic) bond motifs is 1. The van der Waals surface area contributed by atoms with Crippen molar-refractivity contribution in [3.05, 3.63) is 53.6 Å². The number of rotatable bonds is 1. The van der Waals surface area contributed by atoms with E-state index in [2.05, 4.69) is 42.4 Å². The van der Waals surface area contributed by atoms with Gasteiger partial charge < -0.3 is 0 Å². The van der Waals surface area contributed by atoms with Gasteiger partial charge in [0.15, 0.2) is 0 Å². The van der Waals surface area contributed by atoms with Gasteiger partial charge in [-0.2, -0.15) is 0 Å². The molecule has 0 aliphatic carbocycles. The summed E-state index contributed by atoms with van der Waals surface area (Å²) in [5, 5.41) is 8.39. The molecule has 3 rings (SSSR count). The van der Waals surface area contributed by atoms with Crippen LogP contribution in [0.4, 0.5) is 0 Å². The van der Waals surface area contributed by atoms with Gasteiger partial charge in [0.2, 0.25) is 0 Å². The van der Waals surface area contributed by atoms with Gasteiger partial charge in [0, 0.05) is 0 Å². The highest BCUT2D eigenvalue weighted by Gasteiger charge is 2.07. The highest BCUT2D eigenvalue weighted by molar-refractivity contribution is 5.76. The van der Waals surface area contributed by atoms with Crippen molar-refractivity contribution in [2.75, 3.05) is 0 Å². The van der Waals surface area contributed by atoms with Gasteiger partial charge in [-0.25, -0.2) is 4.68 Å². The lowest BCUT2D eigenvalue weighted by atomic mass is 10.1. The zero-order valence-corrected chi connectivity index (χ0v) is 9.88. The van der Waals surface area contributed by atoms with Crippen LogP contribution in [0.5, 0.6) is 0 Å². The SMILES string of the molecule is Cc1ccc(-n2nnc3ccccc32)c(C)c1. The highest BCUT2D eigenvalue weighted by Crippen LogP contribution is 2.19. The predicted molar refractivity (Wildman–Crippen MR) is 68.3 cm³/mol. The second-order valence-electron chi connectivity index (χ2n) is 4.28. The van der Waals surface area contributed by atoms with Crippen LogP contribution < -0.4 is 0 Å². The molecule has 0 N–H and O–H groups in total. The topological polar surface area (TPSA) is 30.7 Å². The molecule has 0 fully saturated rings. The van der Waals surface area contributed by atoms with Gasteiger partial charge in [-0.3, -0.25) is 0 Å². The molecule has 3 nitrogen and oxygen atoms in total. The quantitative estimate of drug-likeness (QED) is 0.634. The number of aryl methyl sites for hydroxylation is 2. The number of benzene rings is 2. The summed E-state index contributed by atoms with van der Waals surface area (Å²) in [5.41, 5.74) is 5.52. The van der Waals surface area contributed by atoms with Gasteiger partial charge in [0.25, 0.3) is 0 Å². The average molecular weight is 223 g/mol. The number of hydrogen-bond acceptors (Lipinski definition) is 2. The molecule has 0 aliphatic rings. The second kappa shape index (κ2) is 3.70. The first-order valence-electron chi connectivity index (χ1n) is 5.64. The van der Waals surface area contributed by atoms with Crippen LogP contribution in [0.2, 0.25) is 0 Å². The molecule has 0 radical (unpaired) electrons. The van der Waals surface area contributed by atoms with Crippen molar-refractivity contribution >= 4 is 11.0 Å². The lowest BCUT2D eigenvalue weighted by Crippen LogP contribution is -1.99. The molecule has 3 heteroatoms. The van der Waals surface area contributed by atoms with Crippen LogP contribution >= 0.6 is 0 Å². The van der Waals surface area contributed by atoms with Gasteiger partial charge >= 0.3 is 0 Å². The summed E-state index contributed by atoms with van der Waals surface area (Å²) in [6.07, 6.45) is 0. The van der Waals surface area contributed by atoms with Gasteiger partial charge in [-0.15, -0.1) is 5.10 Å². The number of nitrogens with zero attached hydrogens (tertiary/aromatic N) is 3. The van der Waals surface area contributed by atoms with Crippen molar-refractivity contribution in [3.63, 3.8) is 0 Å². The Balaban J connectivity index is 2.27. The third kappa shape index (κ3) is 1.60. The van der Waals surface area contributed by atoms with E-state index in [9.17, 15) is 0 Å². The van der Waals surface area contributed by atoms with Crippen LogP contribution in [0.1, 0.15) is 11.1 Å². The molecule has 0 unspecified atom stereocenters. The molecule has 84 valence electrons. The summed E-state index contributed by atoms with van der Waals surface area (Å²) in [6.45, 7) is 4.19. The average Bonchev–Trinajstić information content (AvgIpc) is 2.73. The van der Waals surface area contributed by atoms with E-state index in [1.165, 1.54) is 11.1 Å². The first-order chi connectivity index (χ1) is 8.25. The zero-order chi connectivity index (χ0) is 11.8. The summed E-state index contributed by atoms with van der Waals surface area (Å²) in [4.78, 5) is 0. The summed E-state index contributed by atoms with van der Waals surface area (Å²) in [5.74, 6) is 0. The van der Waals surface area contributed by atoms with E-state index in [1.54, 1.807) is 0 Å². The van der Waals surface area contributed by atoms with E-state index in [0.717, 1.165) is 16.7 Å². The summed E-state index contributed by atoms with van der Waals surface area (Å²) in [6, 6.07) is 14.3. The van der Waals surface area contributed by atoms with Gasteiger partial charge in [-0.1, -0.05) is 35.0 Å². The summed E-state index contributed by atoms with van der Waals surface area (Å²) < 4.78 is 1.89. The van der Waals surface area contributed by atoms with Crippen molar-refractivity contribution in [1.29, 1.82) is 0 Å². The Kier molecular flexibility index (Phi) is 2.18. The van der Waals surface area contributed by atoms with E-state index in [4.69, 9.17) is 0 Å². The van der Waals surface area contributed by atoms with E-state index < -0.39 is 0 Å². The maximum absolute atomic E-state index is 4.22. The van der Waals surface area contributed by atoms with Crippen molar-refractivity contribution < 1.29 is 0 Å². The minimum atomic E-state index is 0.924. The zero-order valence-electron chi connectivity index (χ0n) is 9.88. The third-order valence-electron chi connectivity index (χ3n) is 2.93. The van der Waals surface area contributed by atoms with Crippen LogP contribution in [-0.2, 0) is 0 Å². The molecule has 0 spiro atoms. The molecular formula is C14H13N3. The molecule has 0 saturated carbocycles. The summed E-state index contributed by atoms with van der Waals surface area (Å²) in [7, 11) is 0. The Labute approximate surface area is 99.7 Å². The lowest BCUT2D eigenvalue weighted by Gasteiger charge is -2.06. The monoisotopic (exact) mass is 223 g/mol. The second-order valence-corrected chi connectivity index (χ2v) is 4.28. The normalized spacial score (nSPS) is 10.9. The van der Waals surface area contributed by atoms with Crippen molar-refractivity contribution in [2.24, 2.45) is 0 Å². The molecule has 0 saturated heterocycles. The Morgan fingerprint density at radius 1 is 1.00 bits per heavy atom. The van der Waals surface area contributed by atoms with Crippen LogP contribution in [0.3, 0.4) is 0 Å². The molecule has 17 heavy (non-hydrogen) atoms. The standard InChI is InChI=1S/C14H13N3/c1-10-7-8-13(11(2)9-10)17-14-6-4-3-5-12(14)15-16-17/h3-9H,1-2H3. The first kappa shape index (κ1) is 10.0. The maximum Gasteiger partial charge on any atom is 0.113 e. The van der Waals surface area contributed by atoms with Gasteiger partial charge in [0.05, 0.1) is 11.2 Å². The highest BCUT2D eigenvalue weighted by atomic mass is 15.4. The minimum absolute atomic E-state index is 0.924. The van der Waals surface area contributed by atoms with Crippen molar-refractivity contribution in [2.45, 2.75) is 13.8 Å². The number of hydrogen-bond donors (Lipinski definition) is 0. The first-order valence-corrected chi connectivity index (χ1v) is 5.64. The summed E-state index contributed by atoms with van der Waals surface area (Å²) >= 11 is 0. The Bertz CT molecular complexity index is 683. The van der Waals surface area contributed by atoms with Gasteiger partial charge in [-0.05, 0) is 37.6 Å². The van der Waals surface area contributed by atoms with Crippen LogP contribution in [0.15, 0.2) is 42.5 Å². The van der Waals surface area contributed by atoms with E-state index in [-0.39, 0.29) is 0 Å². The largest absolute Gasteiger partial charge is 0.213 e. The lowest BCUT2D eigenvalue weighted by molar-refractivity contribution is 0.818. The molecule has 1 heterocycles. The number of aromatic nitrogens is 3. The maximum atomic E-state index is 4.22. The molecule has 1 aromatic heterocycles. The Morgan fingerprint density at radius 3 is 2.65 bits per heavy atom. The molecular weight excluding hydrogens is 210 g/mol. The Hall–Kier alpha value is -2.16. The molecule has 0 amide bonds. The molecule has 0 bridgehead atoms. The fraction of sp³-hybridized carbons (Fsp3) is 0.143. The van der Waals surface area contributed by atoms with Crippen molar-refractivity contribution in [3.8, 4) is 5.69 Å². The minimum Gasteiger partial charge on any atom is -0.213 e. The third-order valence-corrected chi connectivity index (χ3v) is 2.93. The predicted octanol–water partition coefficient (Wildman–Crippen LogP) is 3.04. The molecule has 0 aliphatic heterocycles. The van der Waals surface area contributed by atoms with E-state index >= 15 is 0 Å². The smallest absolute Gasteiger partial charge is 0.113 e. The number of para-hydroxylation sites is 1. The molecule has 2 aromatic carbocycles. The van der Waals surface area contributed by atoms with Crippen LogP contribution in [0, 0.1) is 13.8 Å². The molecule has 3 aromatic rings. The van der Waals surface area contributed by atoms with E-state index in [1.807, 2.05) is 28.9 Å². The molecule has 0 atom stereocenters. The van der Waals surface area contributed by atoms with Gasteiger partial charge in [0.1, 0.15) is 5.52 Å². The van der Waals surface area contributed by atoms with Crippen LogP contribution in [-0.4, -0.2) is 15.0 Å². The van der Waals surface area contributed by atoms with E-state index in [0.29, 0.717) is 0 Å². The fourth-order valence-electron chi connectivity index (χ4n) is 2.09. The Morgan fingerprint density at radius 2 is 1.82 bits per heavy atom.